The van der Waals surface area contributed by atoms with Crippen LogP contribution in [-0.2, 0) is 4.79 Å². The molecule has 0 saturated carbocycles. The van der Waals surface area contributed by atoms with E-state index >= 15 is 0 Å². The van der Waals surface area contributed by atoms with Gasteiger partial charge in [0.25, 0.3) is 0 Å². The number of nitrogens with zero attached hydrogens (tertiary/aromatic N) is 2. The SMILES string of the molecule is CCCN1CCC(N(C)C(=O)CCCCCN)CC1. The highest BCUT2D eigenvalue weighted by atomic mass is 16.2. The summed E-state index contributed by atoms with van der Waals surface area (Å²) in [6, 6.07) is 0.454. The Balaban J connectivity index is 2.22. The fourth-order valence-corrected chi connectivity index (χ4v) is 2.82. The molecule has 0 unspecified atom stereocenters. The summed E-state index contributed by atoms with van der Waals surface area (Å²) in [6.45, 7) is 6.44. The Kier molecular flexibility index (Phi) is 8.07. The van der Waals surface area contributed by atoms with Gasteiger partial charge in [-0.25, -0.2) is 0 Å². The van der Waals surface area contributed by atoms with E-state index in [0.717, 1.165) is 51.7 Å². The summed E-state index contributed by atoms with van der Waals surface area (Å²) < 4.78 is 0. The van der Waals surface area contributed by atoms with Crippen LogP contribution in [0.5, 0.6) is 0 Å². The number of amides is 1. The topological polar surface area (TPSA) is 49.6 Å². The summed E-state index contributed by atoms with van der Waals surface area (Å²) in [4.78, 5) is 16.6. The summed E-state index contributed by atoms with van der Waals surface area (Å²) in [5, 5.41) is 0. The molecule has 1 aliphatic rings. The largest absolute Gasteiger partial charge is 0.343 e. The maximum Gasteiger partial charge on any atom is 0.222 e. The molecule has 0 atom stereocenters. The molecule has 0 aromatic rings. The molecule has 1 aliphatic heterocycles. The van der Waals surface area contributed by atoms with Gasteiger partial charge in [0.1, 0.15) is 0 Å². The lowest BCUT2D eigenvalue weighted by Gasteiger charge is -2.36. The molecule has 1 rings (SSSR count). The first-order chi connectivity index (χ1) is 9.19. The molecule has 1 saturated heterocycles. The fraction of sp³-hybridized carbons (Fsp3) is 0.933. The highest BCUT2D eigenvalue weighted by Gasteiger charge is 2.24. The highest BCUT2D eigenvalue weighted by Crippen LogP contribution is 2.17. The normalized spacial score (nSPS) is 17.6. The Bertz CT molecular complexity index is 250. The van der Waals surface area contributed by atoms with Crippen LogP contribution in [0.4, 0.5) is 0 Å². The Hall–Kier alpha value is -0.610. The van der Waals surface area contributed by atoms with Gasteiger partial charge < -0.3 is 15.5 Å². The van der Waals surface area contributed by atoms with Gasteiger partial charge in [0.2, 0.25) is 5.91 Å². The van der Waals surface area contributed by atoms with Gasteiger partial charge in [-0.05, 0) is 45.2 Å². The minimum absolute atomic E-state index is 0.311. The van der Waals surface area contributed by atoms with Crippen molar-refractivity contribution in [2.75, 3.05) is 33.2 Å². The summed E-state index contributed by atoms with van der Waals surface area (Å²) in [7, 11) is 1.98. The Morgan fingerprint density at radius 3 is 2.53 bits per heavy atom. The zero-order valence-electron chi connectivity index (χ0n) is 12.7. The lowest BCUT2D eigenvalue weighted by atomic mass is 10.0. The smallest absolute Gasteiger partial charge is 0.222 e. The molecule has 0 aromatic carbocycles. The van der Waals surface area contributed by atoms with Crippen LogP contribution in [0.1, 0.15) is 51.9 Å². The van der Waals surface area contributed by atoms with E-state index in [1.165, 1.54) is 13.0 Å². The first-order valence-electron chi connectivity index (χ1n) is 7.87. The van der Waals surface area contributed by atoms with Crippen LogP contribution in [0.15, 0.2) is 0 Å². The molecular formula is C15H31N3O. The van der Waals surface area contributed by atoms with Crippen LogP contribution in [0.3, 0.4) is 0 Å². The van der Waals surface area contributed by atoms with E-state index in [-0.39, 0.29) is 0 Å². The fourth-order valence-electron chi connectivity index (χ4n) is 2.82. The van der Waals surface area contributed by atoms with Crippen molar-refractivity contribution < 1.29 is 4.79 Å². The third-order valence-corrected chi connectivity index (χ3v) is 4.13. The summed E-state index contributed by atoms with van der Waals surface area (Å²) in [6.07, 6.45) is 7.26. The first-order valence-corrected chi connectivity index (χ1v) is 7.87. The second-order valence-corrected chi connectivity index (χ2v) is 5.68. The number of nitrogens with two attached hydrogens (primary N) is 1. The predicted octanol–water partition coefficient (Wildman–Crippen LogP) is 1.84. The van der Waals surface area contributed by atoms with E-state index in [1.807, 2.05) is 11.9 Å². The second kappa shape index (κ2) is 9.32. The monoisotopic (exact) mass is 269 g/mol. The molecule has 4 nitrogen and oxygen atoms in total. The summed E-state index contributed by atoms with van der Waals surface area (Å²) >= 11 is 0. The Morgan fingerprint density at radius 2 is 1.95 bits per heavy atom. The van der Waals surface area contributed by atoms with Crippen molar-refractivity contribution >= 4 is 5.91 Å². The zero-order valence-corrected chi connectivity index (χ0v) is 12.7. The van der Waals surface area contributed by atoms with E-state index < -0.39 is 0 Å². The van der Waals surface area contributed by atoms with Gasteiger partial charge in [-0.1, -0.05) is 13.3 Å². The van der Waals surface area contributed by atoms with E-state index in [0.29, 0.717) is 18.4 Å². The molecule has 1 heterocycles. The molecule has 19 heavy (non-hydrogen) atoms. The zero-order chi connectivity index (χ0) is 14.1. The van der Waals surface area contributed by atoms with Gasteiger partial charge in [-0.3, -0.25) is 4.79 Å². The molecule has 0 spiro atoms. The molecule has 112 valence electrons. The van der Waals surface area contributed by atoms with Gasteiger partial charge in [0.05, 0.1) is 0 Å². The minimum Gasteiger partial charge on any atom is -0.343 e. The van der Waals surface area contributed by atoms with E-state index in [2.05, 4.69) is 11.8 Å². The van der Waals surface area contributed by atoms with Gasteiger partial charge >= 0.3 is 0 Å². The number of hydrogen-bond acceptors (Lipinski definition) is 3. The Morgan fingerprint density at radius 1 is 1.26 bits per heavy atom. The number of piperidine rings is 1. The van der Waals surface area contributed by atoms with Crippen LogP contribution in [0.25, 0.3) is 0 Å². The molecule has 1 fully saturated rings. The van der Waals surface area contributed by atoms with Crippen LogP contribution in [-0.4, -0.2) is 55.0 Å². The molecular weight excluding hydrogens is 238 g/mol. The molecule has 1 amide bonds. The first kappa shape index (κ1) is 16.4. The van der Waals surface area contributed by atoms with Crippen molar-refractivity contribution in [1.82, 2.24) is 9.80 Å². The molecule has 0 bridgehead atoms. The number of unbranched alkanes of at least 4 members (excludes halogenated alkanes) is 2. The van der Waals surface area contributed by atoms with Crippen LogP contribution in [0, 0.1) is 0 Å². The molecule has 4 heteroatoms. The number of carbonyl (C=O) groups excluding carboxylic acids is 1. The number of likely N-dealkylation sites (tertiary alicyclic amines) is 1. The van der Waals surface area contributed by atoms with Crippen molar-refractivity contribution in [2.45, 2.75) is 57.9 Å². The lowest BCUT2D eigenvalue weighted by Crippen LogP contribution is -2.45. The third-order valence-electron chi connectivity index (χ3n) is 4.13. The van der Waals surface area contributed by atoms with Crippen molar-refractivity contribution in [3.8, 4) is 0 Å². The lowest BCUT2D eigenvalue weighted by molar-refractivity contribution is -0.133. The van der Waals surface area contributed by atoms with Gasteiger partial charge in [-0.15, -0.1) is 0 Å². The molecule has 0 aromatic heterocycles. The summed E-state index contributed by atoms with van der Waals surface area (Å²) in [5.74, 6) is 0.311. The Labute approximate surface area is 118 Å². The van der Waals surface area contributed by atoms with E-state index in [1.54, 1.807) is 0 Å². The molecule has 0 aliphatic carbocycles. The quantitative estimate of drug-likeness (QED) is 0.684. The van der Waals surface area contributed by atoms with Crippen LogP contribution >= 0.6 is 0 Å². The van der Waals surface area contributed by atoms with Crippen molar-refractivity contribution in [3.63, 3.8) is 0 Å². The number of rotatable bonds is 8. The third kappa shape index (κ3) is 5.91. The van der Waals surface area contributed by atoms with E-state index in [9.17, 15) is 4.79 Å². The molecule has 0 radical (unpaired) electrons. The van der Waals surface area contributed by atoms with Gasteiger partial charge in [-0.2, -0.15) is 0 Å². The standard InChI is InChI=1S/C15H31N3O/c1-3-11-18-12-8-14(9-13-18)17(2)15(19)7-5-4-6-10-16/h14H,3-13,16H2,1-2H3. The molecule has 2 N–H and O–H groups in total. The average Bonchev–Trinajstić information content (AvgIpc) is 2.44. The number of hydrogen-bond donors (Lipinski definition) is 1. The van der Waals surface area contributed by atoms with E-state index in [4.69, 9.17) is 5.73 Å². The van der Waals surface area contributed by atoms with Crippen molar-refractivity contribution in [3.05, 3.63) is 0 Å². The number of carbonyl (C=O) groups is 1. The van der Waals surface area contributed by atoms with Gasteiger partial charge in [0, 0.05) is 32.6 Å². The van der Waals surface area contributed by atoms with Crippen molar-refractivity contribution in [1.29, 1.82) is 0 Å². The van der Waals surface area contributed by atoms with Crippen LogP contribution < -0.4 is 5.73 Å². The summed E-state index contributed by atoms with van der Waals surface area (Å²) in [5.41, 5.74) is 5.46. The predicted molar refractivity (Wildman–Crippen MR) is 80.0 cm³/mol. The van der Waals surface area contributed by atoms with Crippen molar-refractivity contribution in [2.24, 2.45) is 5.73 Å². The average molecular weight is 269 g/mol. The second-order valence-electron chi connectivity index (χ2n) is 5.68. The van der Waals surface area contributed by atoms with Crippen LogP contribution in [0.2, 0.25) is 0 Å². The van der Waals surface area contributed by atoms with Gasteiger partial charge in [0.15, 0.2) is 0 Å². The maximum absolute atomic E-state index is 12.1. The highest BCUT2D eigenvalue weighted by molar-refractivity contribution is 5.76. The minimum atomic E-state index is 0.311. The maximum atomic E-state index is 12.1.